The van der Waals surface area contributed by atoms with E-state index in [1.54, 1.807) is 0 Å². The summed E-state index contributed by atoms with van der Waals surface area (Å²) in [6.07, 6.45) is 2.02. The van der Waals surface area contributed by atoms with Crippen LogP contribution in [0.1, 0.15) is 31.9 Å². The Morgan fingerprint density at radius 3 is 1.77 bits per heavy atom. The van der Waals surface area contributed by atoms with Gasteiger partial charge < -0.3 is 10.6 Å². The molecule has 0 saturated heterocycles. The largest absolute Gasteiger partial charge is 0.374 e. The van der Waals surface area contributed by atoms with Crippen LogP contribution in [-0.4, -0.2) is 11.9 Å². The molecule has 1 amide bonds. The summed E-state index contributed by atoms with van der Waals surface area (Å²) in [5.41, 5.74) is 4.34. The van der Waals surface area contributed by atoms with Gasteiger partial charge in [0.1, 0.15) is 6.04 Å². The van der Waals surface area contributed by atoms with Crippen molar-refractivity contribution in [2.75, 3.05) is 10.6 Å². The molecule has 3 heteroatoms. The maximum Gasteiger partial charge on any atom is 0.246 e. The van der Waals surface area contributed by atoms with Crippen LogP contribution in [-0.2, 0) is 17.6 Å². The number of carbonyl (C=O) groups is 1. The van der Waals surface area contributed by atoms with Crippen molar-refractivity contribution in [2.24, 2.45) is 0 Å². The van der Waals surface area contributed by atoms with Crippen LogP contribution in [0.2, 0.25) is 0 Å². The van der Waals surface area contributed by atoms with E-state index < -0.39 is 0 Å². The molecule has 0 heterocycles. The lowest BCUT2D eigenvalue weighted by Crippen LogP contribution is -2.31. The second-order valence-electron chi connectivity index (χ2n) is 5.46. The Kier molecular flexibility index (Phi) is 5.59. The second kappa shape index (κ2) is 7.64. The van der Waals surface area contributed by atoms with Gasteiger partial charge in [-0.1, -0.05) is 38.1 Å². The van der Waals surface area contributed by atoms with E-state index in [1.165, 1.54) is 11.1 Å². The number of rotatable bonds is 6. The number of hydrogen-bond donors (Lipinski definition) is 2. The van der Waals surface area contributed by atoms with Gasteiger partial charge in [-0.05, 0) is 55.2 Å². The summed E-state index contributed by atoms with van der Waals surface area (Å²) in [6.45, 7) is 6.11. The van der Waals surface area contributed by atoms with Crippen molar-refractivity contribution in [2.45, 2.75) is 39.7 Å². The van der Waals surface area contributed by atoms with E-state index in [-0.39, 0.29) is 11.9 Å². The van der Waals surface area contributed by atoms with Gasteiger partial charge in [-0.25, -0.2) is 0 Å². The van der Waals surface area contributed by atoms with Crippen LogP contribution in [0.15, 0.2) is 48.5 Å². The van der Waals surface area contributed by atoms with Gasteiger partial charge in [0.15, 0.2) is 0 Å². The van der Waals surface area contributed by atoms with E-state index in [1.807, 2.05) is 43.3 Å². The number of anilines is 2. The maximum absolute atomic E-state index is 12.2. The molecule has 2 aromatic carbocycles. The molecule has 3 nitrogen and oxygen atoms in total. The van der Waals surface area contributed by atoms with Crippen molar-refractivity contribution in [1.82, 2.24) is 0 Å². The zero-order valence-electron chi connectivity index (χ0n) is 13.5. The van der Waals surface area contributed by atoms with Crippen LogP contribution in [0, 0.1) is 0 Å². The summed E-state index contributed by atoms with van der Waals surface area (Å²) >= 11 is 0. The van der Waals surface area contributed by atoms with Crippen molar-refractivity contribution in [3.63, 3.8) is 0 Å². The van der Waals surface area contributed by atoms with Crippen LogP contribution in [0.25, 0.3) is 0 Å². The van der Waals surface area contributed by atoms with E-state index in [0.717, 1.165) is 24.2 Å². The fourth-order valence-corrected chi connectivity index (χ4v) is 2.23. The first-order valence-corrected chi connectivity index (χ1v) is 7.87. The standard InChI is InChI=1S/C19H24N2O/c1-4-15-6-10-17(11-7-15)20-14(3)19(22)21-18-12-8-16(5-2)9-13-18/h6-14,20H,4-5H2,1-3H3,(H,21,22)/t14-/m0/s1. The normalized spacial score (nSPS) is 11.8. The summed E-state index contributed by atoms with van der Waals surface area (Å²) in [6, 6.07) is 15.9. The summed E-state index contributed by atoms with van der Waals surface area (Å²) in [7, 11) is 0. The average Bonchev–Trinajstić information content (AvgIpc) is 2.56. The monoisotopic (exact) mass is 296 g/mol. The van der Waals surface area contributed by atoms with Gasteiger partial charge in [0.05, 0.1) is 0 Å². The summed E-state index contributed by atoms with van der Waals surface area (Å²) < 4.78 is 0. The van der Waals surface area contributed by atoms with E-state index in [4.69, 9.17) is 0 Å². The Morgan fingerprint density at radius 2 is 1.32 bits per heavy atom. The number of nitrogens with one attached hydrogen (secondary N) is 2. The molecule has 0 aliphatic rings. The molecule has 0 radical (unpaired) electrons. The fraction of sp³-hybridized carbons (Fsp3) is 0.316. The predicted octanol–water partition coefficient (Wildman–Crippen LogP) is 4.25. The van der Waals surface area contributed by atoms with Gasteiger partial charge in [-0.3, -0.25) is 4.79 Å². The summed E-state index contributed by atoms with van der Waals surface area (Å²) in [5, 5.41) is 6.16. The highest BCUT2D eigenvalue weighted by molar-refractivity contribution is 5.96. The highest BCUT2D eigenvalue weighted by atomic mass is 16.2. The molecule has 22 heavy (non-hydrogen) atoms. The van der Waals surface area contributed by atoms with Crippen LogP contribution >= 0.6 is 0 Å². The maximum atomic E-state index is 12.2. The molecule has 0 spiro atoms. The molecular weight excluding hydrogens is 272 g/mol. The third-order valence-electron chi connectivity index (χ3n) is 3.77. The van der Waals surface area contributed by atoms with Gasteiger partial charge in [0.2, 0.25) is 5.91 Å². The molecule has 0 saturated carbocycles. The molecule has 0 aliphatic heterocycles. The molecule has 2 rings (SSSR count). The van der Waals surface area contributed by atoms with Crippen molar-refractivity contribution < 1.29 is 4.79 Å². The molecule has 116 valence electrons. The molecular formula is C19H24N2O. The lowest BCUT2D eigenvalue weighted by Gasteiger charge is -2.15. The molecule has 0 aromatic heterocycles. The Bertz CT molecular complexity index is 602. The minimum Gasteiger partial charge on any atom is -0.374 e. The Hall–Kier alpha value is -2.29. The SMILES string of the molecule is CCc1ccc(NC(=O)[C@H](C)Nc2ccc(CC)cc2)cc1. The van der Waals surface area contributed by atoms with Gasteiger partial charge >= 0.3 is 0 Å². The highest BCUT2D eigenvalue weighted by Gasteiger charge is 2.12. The Labute approximate surface area is 132 Å². The van der Waals surface area contributed by atoms with E-state index in [2.05, 4.69) is 36.6 Å². The smallest absolute Gasteiger partial charge is 0.246 e. The first-order valence-electron chi connectivity index (χ1n) is 7.87. The van der Waals surface area contributed by atoms with Gasteiger partial charge in [-0.15, -0.1) is 0 Å². The number of carbonyl (C=O) groups excluding carboxylic acids is 1. The van der Waals surface area contributed by atoms with E-state index in [9.17, 15) is 4.79 Å². The number of amides is 1. The molecule has 0 fully saturated rings. The lowest BCUT2D eigenvalue weighted by atomic mass is 10.1. The number of aryl methyl sites for hydroxylation is 2. The van der Waals surface area contributed by atoms with E-state index in [0.29, 0.717) is 0 Å². The zero-order valence-corrected chi connectivity index (χ0v) is 13.5. The van der Waals surface area contributed by atoms with Gasteiger partial charge in [0, 0.05) is 11.4 Å². The Morgan fingerprint density at radius 1 is 0.864 bits per heavy atom. The van der Waals surface area contributed by atoms with Gasteiger partial charge in [0.25, 0.3) is 0 Å². The molecule has 0 unspecified atom stereocenters. The van der Waals surface area contributed by atoms with Crippen molar-refractivity contribution in [1.29, 1.82) is 0 Å². The first-order chi connectivity index (χ1) is 10.6. The molecule has 1 atom stereocenters. The van der Waals surface area contributed by atoms with E-state index >= 15 is 0 Å². The van der Waals surface area contributed by atoms with Gasteiger partial charge in [-0.2, -0.15) is 0 Å². The van der Waals surface area contributed by atoms with Crippen LogP contribution in [0.5, 0.6) is 0 Å². The second-order valence-corrected chi connectivity index (χ2v) is 5.46. The van der Waals surface area contributed by atoms with Crippen LogP contribution in [0.4, 0.5) is 11.4 Å². The quantitative estimate of drug-likeness (QED) is 0.836. The van der Waals surface area contributed by atoms with Crippen LogP contribution < -0.4 is 10.6 Å². The summed E-state index contributed by atoms with van der Waals surface area (Å²) in [4.78, 5) is 12.2. The van der Waals surface area contributed by atoms with Crippen molar-refractivity contribution >= 4 is 17.3 Å². The number of hydrogen-bond acceptors (Lipinski definition) is 2. The Balaban J connectivity index is 1.92. The van der Waals surface area contributed by atoms with Crippen molar-refractivity contribution in [3.8, 4) is 0 Å². The molecule has 2 aromatic rings. The summed E-state index contributed by atoms with van der Waals surface area (Å²) in [5.74, 6) is -0.0381. The average molecular weight is 296 g/mol. The lowest BCUT2D eigenvalue weighted by molar-refractivity contribution is -0.116. The van der Waals surface area contributed by atoms with Crippen LogP contribution in [0.3, 0.4) is 0 Å². The third kappa shape index (κ3) is 4.35. The zero-order chi connectivity index (χ0) is 15.9. The number of benzene rings is 2. The topological polar surface area (TPSA) is 41.1 Å². The highest BCUT2D eigenvalue weighted by Crippen LogP contribution is 2.13. The minimum atomic E-state index is -0.293. The first kappa shape index (κ1) is 16.1. The predicted molar refractivity (Wildman–Crippen MR) is 93.4 cm³/mol. The third-order valence-corrected chi connectivity index (χ3v) is 3.77. The molecule has 0 aliphatic carbocycles. The minimum absolute atomic E-state index is 0.0381. The fourth-order valence-electron chi connectivity index (χ4n) is 2.23. The molecule has 0 bridgehead atoms. The van der Waals surface area contributed by atoms with Crippen molar-refractivity contribution in [3.05, 3.63) is 59.7 Å². The molecule has 2 N–H and O–H groups in total.